The number of nitrogens with one attached hydrogen (secondary N) is 2. The summed E-state index contributed by atoms with van der Waals surface area (Å²) in [4.78, 5) is 17.6. The lowest BCUT2D eigenvalue weighted by Gasteiger charge is -2.12. The summed E-state index contributed by atoms with van der Waals surface area (Å²) < 4.78 is 5.15. The monoisotopic (exact) mass is 377 g/mol. The molecule has 3 heterocycles. The van der Waals surface area contributed by atoms with E-state index in [2.05, 4.69) is 31.7 Å². The van der Waals surface area contributed by atoms with Gasteiger partial charge >= 0.3 is 0 Å². The zero-order valence-corrected chi connectivity index (χ0v) is 15.8. The van der Waals surface area contributed by atoms with Gasteiger partial charge < -0.3 is 4.52 Å². The SMILES string of the molecule is CC(C)(C)c1cc(NC(=O)CSc2n[nH]c(Cc3cccs3)n2)on1. The number of aromatic amines is 1. The molecule has 25 heavy (non-hydrogen) atoms. The Morgan fingerprint density at radius 1 is 1.44 bits per heavy atom. The fourth-order valence-corrected chi connectivity index (χ4v) is 3.32. The topological polar surface area (TPSA) is 96.7 Å². The van der Waals surface area contributed by atoms with Gasteiger partial charge in [0.2, 0.25) is 16.9 Å². The van der Waals surface area contributed by atoms with Crippen LogP contribution in [0.5, 0.6) is 0 Å². The van der Waals surface area contributed by atoms with Crippen molar-refractivity contribution in [2.24, 2.45) is 0 Å². The van der Waals surface area contributed by atoms with Gasteiger partial charge in [0, 0.05) is 22.8 Å². The van der Waals surface area contributed by atoms with Crippen LogP contribution in [-0.2, 0) is 16.6 Å². The molecular weight excluding hydrogens is 358 g/mol. The van der Waals surface area contributed by atoms with E-state index in [0.29, 0.717) is 17.5 Å². The summed E-state index contributed by atoms with van der Waals surface area (Å²) in [5, 5.41) is 16.3. The maximum absolute atomic E-state index is 12.0. The van der Waals surface area contributed by atoms with Crippen LogP contribution in [0.3, 0.4) is 0 Å². The van der Waals surface area contributed by atoms with Crippen molar-refractivity contribution < 1.29 is 9.32 Å². The van der Waals surface area contributed by atoms with E-state index in [1.165, 1.54) is 16.6 Å². The number of nitrogens with zero attached hydrogens (tertiary/aromatic N) is 3. The van der Waals surface area contributed by atoms with Gasteiger partial charge in [0.15, 0.2) is 0 Å². The third-order valence-corrected chi connectivity index (χ3v) is 5.03. The molecule has 3 aromatic heterocycles. The van der Waals surface area contributed by atoms with Gasteiger partial charge in [0.05, 0.1) is 11.4 Å². The molecule has 7 nitrogen and oxygen atoms in total. The molecule has 1 amide bonds. The molecule has 0 aliphatic heterocycles. The van der Waals surface area contributed by atoms with E-state index in [1.54, 1.807) is 17.4 Å². The lowest BCUT2D eigenvalue weighted by atomic mass is 9.92. The quantitative estimate of drug-likeness (QED) is 0.639. The lowest BCUT2D eigenvalue weighted by Crippen LogP contribution is -2.14. The molecule has 132 valence electrons. The van der Waals surface area contributed by atoms with Crippen LogP contribution in [-0.4, -0.2) is 32.0 Å². The third-order valence-electron chi connectivity index (χ3n) is 3.31. The average molecular weight is 377 g/mol. The number of thioether (sulfide) groups is 1. The Hall–Kier alpha value is -2.13. The highest BCUT2D eigenvalue weighted by atomic mass is 32.2. The van der Waals surface area contributed by atoms with Crippen LogP contribution in [0.1, 0.15) is 37.2 Å². The van der Waals surface area contributed by atoms with Crippen LogP contribution in [0.25, 0.3) is 0 Å². The van der Waals surface area contributed by atoms with Crippen LogP contribution >= 0.6 is 23.1 Å². The molecule has 0 spiro atoms. The van der Waals surface area contributed by atoms with Crippen molar-refractivity contribution >= 4 is 34.9 Å². The van der Waals surface area contributed by atoms with Gasteiger partial charge in [-0.3, -0.25) is 15.2 Å². The van der Waals surface area contributed by atoms with E-state index in [9.17, 15) is 4.79 Å². The van der Waals surface area contributed by atoms with E-state index in [1.807, 2.05) is 32.2 Å². The standard InChI is InChI=1S/C16H19N5O2S2/c1-16(2,3)11-8-14(23-21-11)18-13(22)9-25-15-17-12(19-20-15)7-10-5-4-6-24-10/h4-6,8H,7,9H2,1-3H3,(H,18,22)(H,17,19,20). The summed E-state index contributed by atoms with van der Waals surface area (Å²) in [5.41, 5.74) is 0.668. The summed E-state index contributed by atoms with van der Waals surface area (Å²) in [7, 11) is 0. The molecule has 3 rings (SSSR count). The van der Waals surface area contributed by atoms with Crippen LogP contribution in [0.4, 0.5) is 5.88 Å². The van der Waals surface area contributed by atoms with Crippen molar-refractivity contribution in [3.05, 3.63) is 40.0 Å². The number of H-pyrrole nitrogens is 1. The molecule has 0 saturated heterocycles. The number of rotatable bonds is 6. The zero-order chi connectivity index (χ0) is 17.9. The van der Waals surface area contributed by atoms with E-state index in [0.717, 1.165) is 11.5 Å². The first-order chi connectivity index (χ1) is 11.9. The van der Waals surface area contributed by atoms with Crippen molar-refractivity contribution in [1.82, 2.24) is 20.3 Å². The average Bonchev–Trinajstić information content (AvgIpc) is 3.26. The molecule has 0 atom stereocenters. The molecule has 0 aromatic carbocycles. The summed E-state index contributed by atoms with van der Waals surface area (Å²) in [5.74, 6) is 1.15. The van der Waals surface area contributed by atoms with Crippen molar-refractivity contribution in [3.63, 3.8) is 0 Å². The minimum absolute atomic E-state index is 0.126. The molecule has 0 fully saturated rings. The predicted molar refractivity (Wildman–Crippen MR) is 98.1 cm³/mol. The summed E-state index contributed by atoms with van der Waals surface area (Å²) in [6.07, 6.45) is 0.713. The van der Waals surface area contributed by atoms with Crippen molar-refractivity contribution in [2.45, 2.75) is 37.8 Å². The van der Waals surface area contributed by atoms with Crippen molar-refractivity contribution in [3.8, 4) is 0 Å². The molecule has 0 aliphatic rings. The van der Waals surface area contributed by atoms with Gasteiger partial charge in [-0.1, -0.05) is 43.8 Å². The van der Waals surface area contributed by atoms with Crippen LogP contribution in [0.15, 0.2) is 33.3 Å². The van der Waals surface area contributed by atoms with Crippen molar-refractivity contribution in [2.75, 3.05) is 11.1 Å². The number of carbonyl (C=O) groups excluding carboxylic acids is 1. The Kier molecular flexibility index (Phi) is 5.24. The second-order valence-corrected chi connectivity index (χ2v) is 8.46. The van der Waals surface area contributed by atoms with E-state index in [4.69, 9.17) is 4.52 Å². The number of carbonyl (C=O) groups is 1. The molecule has 0 radical (unpaired) electrons. The minimum atomic E-state index is -0.189. The predicted octanol–water partition coefficient (Wildman–Crippen LogP) is 3.47. The first-order valence-electron chi connectivity index (χ1n) is 7.73. The zero-order valence-electron chi connectivity index (χ0n) is 14.2. The van der Waals surface area contributed by atoms with Crippen LogP contribution in [0, 0.1) is 0 Å². The maximum Gasteiger partial charge on any atom is 0.237 e. The number of anilines is 1. The number of hydrogen-bond donors (Lipinski definition) is 2. The maximum atomic E-state index is 12.0. The summed E-state index contributed by atoms with van der Waals surface area (Å²) in [6, 6.07) is 5.80. The fourth-order valence-electron chi connectivity index (χ4n) is 1.99. The smallest absolute Gasteiger partial charge is 0.237 e. The molecular formula is C16H19N5O2S2. The summed E-state index contributed by atoms with van der Waals surface area (Å²) >= 11 is 2.94. The van der Waals surface area contributed by atoms with Gasteiger partial charge in [0.1, 0.15) is 5.82 Å². The highest BCUT2D eigenvalue weighted by Gasteiger charge is 2.19. The van der Waals surface area contributed by atoms with E-state index in [-0.39, 0.29) is 17.1 Å². The number of aromatic nitrogens is 4. The molecule has 0 aliphatic carbocycles. The lowest BCUT2D eigenvalue weighted by molar-refractivity contribution is -0.113. The molecule has 2 N–H and O–H groups in total. The van der Waals surface area contributed by atoms with Crippen molar-refractivity contribution in [1.29, 1.82) is 0 Å². The summed E-state index contributed by atoms with van der Waals surface area (Å²) in [6.45, 7) is 6.09. The number of thiophene rings is 1. The highest BCUT2D eigenvalue weighted by molar-refractivity contribution is 7.99. The van der Waals surface area contributed by atoms with E-state index >= 15 is 0 Å². The Morgan fingerprint density at radius 3 is 2.96 bits per heavy atom. The first-order valence-corrected chi connectivity index (χ1v) is 9.60. The number of hydrogen-bond acceptors (Lipinski definition) is 7. The van der Waals surface area contributed by atoms with Crippen LogP contribution < -0.4 is 5.32 Å². The normalized spacial score (nSPS) is 11.6. The Labute approximate surface area is 153 Å². The van der Waals surface area contributed by atoms with Gasteiger partial charge in [-0.25, -0.2) is 4.98 Å². The van der Waals surface area contributed by atoms with Gasteiger partial charge in [0.25, 0.3) is 0 Å². The fraction of sp³-hybridized carbons (Fsp3) is 0.375. The van der Waals surface area contributed by atoms with E-state index < -0.39 is 0 Å². The Bertz CT molecular complexity index is 833. The Morgan fingerprint density at radius 2 is 2.28 bits per heavy atom. The second kappa shape index (κ2) is 7.40. The van der Waals surface area contributed by atoms with Gasteiger partial charge in [-0.2, -0.15) is 0 Å². The number of amides is 1. The largest absolute Gasteiger partial charge is 0.338 e. The minimum Gasteiger partial charge on any atom is -0.338 e. The molecule has 0 bridgehead atoms. The molecule has 3 aromatic rings. The highest BCUT2D eigenvalue weighted by Crippen LogP contribution is 2.24. The molecule has 9 heteroatoms. The molecule has 0 unspecified atom stereocenters. The second-order valence-electron chi connectivity index (χ2n) is 6.48. The Balaban J connectivity index is 1.49. The first kappa shape index (κ1) is 17.7. The third kappa shape index (κ3) is 4.93. The van der Waals surface area contributed by atoms with Crippen LogP contribution in [0.2, 0.25) is 0 Å². The van der Waals surface area contributed by atoms with Gasteiger partial charge in [-0.15, -0.1) is 16.4 Å². The van der Waals surface area contributed by atoms with Gasteiger partial charge in [-0.05, 0) is 11.4 Å². The molecule has 0 saturated carbocycles.